The number of benzene rings is 2. The van der Waals surface area contributed by atoms with E-state index in [0.29, 0.717) is 17.1 Å². The van der Waals surface area contributed by atoms with Gasteiger partial charge in [-0.25, -0.2) is 9.40 Å². The molecule has 0 radical (unpaired) electrons. The minimum absolute atomic E-state index is 0.265. The maximum absolute atomic E-state index is 9.03. The SMILES string of the molecule is Cc1cc(C)c(Oc2ccnc(N(Cl)c3cccc(C#N)c3)n2)c(C)c1. The Balaban J connectivity index is 1.90. The van der Waals surface area contributed by atoms with E-state index in [4.69, 9.17) is 21.8 Å². The van der Waals surface area contributed by atoms with Crippen molar-refractivity contribution in [1.82, 2.24) is 9.97 Å². The smallest absolute Gasteiger partial charge is 0.248 e. The van der Waals surface area contributed by atoms with Gasteiger partial charge in [-0.05, 0) is 50.1 Å². The lowest BCUT2D eigenvalue weighted by Crippen LogP contribution is -2.07. The minimum atomic E-state index is 0.265. The molecular weight excluding hydrogens is 348 g/mol. The lowest BCUT2D eigenvalue weighted by Gasteiger charge is -2.16. The molecule has 2 aromatic carbocycles. The zero-order valence-corrected chi connectivity index (χ0v) is 15.4. The maximum atomic E-state index is 9.03. The molecule has 0 aliphatic carbocycles. The van der Waals surface area contributed by atoms with Crippen molar-refractivity contribution in [3.05, 3.63) is 70.9 Å². The van der Waals surface area contributed by atoms with Crippen LogP contribution in [0.1, 0.15) is 22.3 Å². The maximum Gasteiger partial charge on any atom is 0.248 e. The van der Waals surface area contributed by atoms with E-state index in [9.17, 15) is 0 Å². The van der Waals surface area contributed by atoms with Crippen LogP contribution in [-0.2, 0) is 0 Å². The second kappa shape index (κ2) is 7.42. The molecule has 0 aliphatic heterocycles. The third-order valence-corrected chi connectivity index (χ3v) is 4.15. The largest absolute Gasteiger partial charge is 0.438 e. The highest BCUT2D eigenvalue weighted by molar-refractivity contribution is 6.28. The molecule has 26 heavy (non-hydrogen) atoms. The number of hydrogen-bond acceptors (Lipinski definition) is 5. The van der Waals surface area contributed by atoms with Gasteiger partial charge in [-0.2, -0.15) is 10.2 Å². The molecular formula is C20H17ClN4O. The van der Waals surface area contributed by atoms with Crippen molar-refractivity contribution >= 4 is 23.4 Å². The van der Waals surface area contributed by atoms with Crippen LogP contribution in [-0.4, -0.2) is 9.97 Å². The van der Waals surface area contributed by atoms with Crippen molar-refractivity contribution in [2.45, 2.75) is 20.8 Å². The lowest BCUT2D eigenvalue weighted by atomic mass is 10.1. The van der Waals surface area contributed by atoms with Crippen LogP contribution in [0.5, 0.6) is 11.6 Å². The Kier molecular flexibility index (Phi) is 5.06. The third kappa shape index (κ3) is 3.76. The average Bonchev–Trinajstić information content (AvgIpc) is 2.64. The van der Waals surface area contributed by atoms with Gasteiger partial charge in [0.05, 0.1) is 17.3 Å². The van der Waals surface area contributed by atoms with E-state index < -0.39 is 0 Å². The summed E-state index contributed by atoms with van der Waals surface area (Å²) in [6.45, 7) is 6.05. The van der Waals surface area contributed by atoms with Gasteiger partial charge >= 0.3 is 0 Å². The summed E-state index contributed by atoms with van der Waals surface area (Å²) in [5, 5.41) is 9.03. The third-order valence-electron chi connectivity index (χ3n) is 3.81. The number of nitrogens with zero attached hydrogens (tertiary/aromatic N) is 4. The fourth-order valence-electron chi connectivity index (χ4n) is 2.73. The van der Waals surface area contributed by atoms with Crippen LogP contribution in [0.4, 0.5) is 11.6 Å². The van der Waals surface area contributed by atoms with Crippen LogP contribution < -0.4 is 9.16 Å². The number of aryl methyl sites for hydroxylation is 3. The second-order valence-electron chi connectivity index (χ2n) is 5.97. The molecule has 1 heterocycles. The first kappa shape index (κ1) is 17.7. The van der Waals surface area contributed by atoms with Crippen molar-refractivity contribution in [2.24, 2.45) is 0 Å². The van der Waals surface area contributed by atoms with Crippen LogP contribution in [0.25, 0.3) is 0 Å². The number of hydrogen-bond donors (Lipinski definition) is 0. The Morgan fingerprint density at radius 1 is 1.08 bits per heavy atom. The van der Waals surface area contributed by atoms with Crippen LogP contribution in [0.2, 0.25) is 0 Å². The zero-order chi connectivity index (χ0) is 18.7. The molecule has 6 heteroatoms. The van der Waals surface area contributed by atoms with E-state index >= 15 is 0 Å². The molecule has 1 aromatic heterocycles. The summed E-state index contributed by atoms with van der Waals surface area (Å²) in [6, 6.07) is 14.8. The number of anilines is 2. The Morgan fingerprint density at radius 2 is 1.81 bits per heavy atom. The lowest BCUT2D eigenvalue weighted by molar-refractivity contribution is 0.455. The van der Waals surface area contributed by atoms with Gasteiger partial charge < -0.3 is 4.74 Å². The predicted octanol–water partition coefficient (Wildman–Crippen LogP) is 5.36. The summed E-state index contributed by atoms with van der Waals surface area (Å²) in [5.41, 5.74) is 4.36. The van der Waals surface area contributed by atoms with Gasteiger partial charge in [-0.1, -0.05) is 23.8 Å². The summed E-state index contributed by atoms with van der Waals surface area (Å²) >= 11 is 6.36. The van der Waals surface area contributed by atoms with E-state index in [2.05, 4.69) is 28.2 Å². The molecule has 130 valence electrons. The first-order valence-electron chi connectivity index (χ1n) is 8.03. The molecule has 0 aliphatic rings. The summed E-state index contributed by atoms with van der Waals surface area (Å²) in [6.07, 6.45) is 1.58. The zero-order valence-electron chi connectivity index (χ0n) is 14.7. The normalized spacial score (nSPS) is 10.3. The average molecular weight is 365 g/mol. The first-order chi connectivity index (χ1) is 12.5. The molecule has 3 rings (SSSR count). The van der Waals surface area contributed by atoms with Gasteiger partial charge in [0.2, 0.25) is 11.8 Å². The highest BCUT2D eigenvalue weighted by Crippen LogP contribution is 2.31. The van der Waals surface area contributed by atoms with E-state index in [1.165, 1.54) is 9.98 Å². The highest BCUT2D eigenvalue weighted by Gasteiger charge is 2.13. The number of rotatable bonds is 4. The Labute approximate surface area is 157 Å². The van der Waals surface area contributed by atoms with Gasteiger partial charge in [0.25, 0.3) is 0 Å². The van der Waals surface area contributed by atoms with E-state index in [0.717, 1.165) is 16.9 Å². The van der Waals surface area contributed by atoms with E-state index in [1.807, 2.05) is 20.8 Å². The quantitative estimate of drug-likeness (QED) is 0.583. The van der Waals surface area contributed by atoms with Crippen LogP contribution in [0.3, 0.4) is 0 Å². The molecule has 0 spiro atoms. The Bertz CT molecular complexity index is 974. The number of ether oxygens (including phenoxy) is 1. The highest BCUT2D eigenvalue weighted by atomic mass is 35.5. The van der Waals surface area contributed by atoms with Crippen LogP contribution in [0, 0.1) is 32.1 Å². The van der Waals surface area contributed by atoms with E-state index in [-0.39, 0.29) is 5.95 Å². The predicted molar refractivity (Wildman–Crippen MR) is 102 cm³/mol. The van der Waals surface area contributed by atoms with Crippen LogP contribution in [0.15, 0.2) is 48.7 Å². The van der Waals surface area contributed by atoms with Gasteiger partial charge in [0.1, 0.15) is 5.75 Å². The molecule has 5 nitrogen and oxygen atoms in total. The first-order valence-corrected chi connectivity index (χ1v) is 8.36. The number of aromatic nitrogens is 2. The van der Waals surface area contributed by atoms with Gasteiger partial charge in [0, 0.05) is 24.0 Å². The van der Waals surface area contributed by atoms with Gasteiger partial charge in [-0.15, -0.1) is 0 Å². The number of nitriles is 1. The summed E-state index contributed by atoms with van der Waals surface area (Å²) in [5.74, 6) is 1.43. The van der Waals surface area contributed by atoms with E-state index in [1.54, 1.807) is 36.5 Å². The van der Waals surface area contributed by atoms with Crippen molar-refractivity contribution in [3.8, 4) is 17.7 Å². The van der Waals surface area contributed by atoms with Crippen LogP contribution >= 0.6 is 11.8 Å². The van der Waals surface area contributed by atoms with Gasteiger partial charge in [0.15, 0.2) is 0 Å². The number of halogens is 1. The summed E-state index contributed by atoms with van der Waals surface area (Å²) in [7, 11) is 0. The molecule has 0 atom stereocenters. The monoisotopic (exact) mass is 364 g/mol. The molecule has 0 saturated heterocycles. The topological polar surface area (TPSA) is 62.0 Å². The summed E-state index contributed by atoms with van der Waals surface area (Å²) < 4.78 is 7.27. The van der Waals surface area contributed by atoms with Crippen molar-refractivity contribution < 1.29 is 4.74 Å². The Hall–Kier alpha value is -3.10. The fourth-order valence-corrected chi connectivity index (χ4v) is 2.92. The minimum Gasteiger partial charge on any atom is -0.438 e. The van der Waals surface area contributed by atoms with Gasteiger partial charge in [-0.3, -0.25) is 0 Å². The summed E-state index contributed by atoms with van der Waals surface area (Å²) in [4.78, 5) is 8.57. The molecule has 0 bridgehead atoms. The standard InChI is InChI=1S/C20H17ClN4O/c1-13-9-14(2)19(15(3)10-13)26-18-7-8-23-20(24-18)25(21)17-6-4-5-16(11-17)12-22/h4-11H,1-3H3. The van der Waals surface area contributed by atoms with Crippen molar-refractivity contribution in [1.29, 1.82) is 5.26 Å². The van der Waals surface area contributed by atoms with Crippen molar-refractivity contribution in [2.75, 3.05) is 4.42 Å². The molecule has 0 amide bonds. The molecule has 0 unspecified atom stereocenters. The second-order valence-corrected chi connectivity index (χ2v) is 6.31. The fraction of sp³-hybridized carbons (Fsp3) is 0.150. The van der Waals surface area contributed by atoms with Crippen molar-refractivity contribution in [3.63, 3.8) is 0 Å². The molecule has 3 aromatic rings. The Morgan fingerprint density at radius 3 is 2.50 bits per heavy atom. The molecule has 0 saturated carbocycles. The molecule has 0 fully saturated rings. The molecule has 0 N–H and O–H groups in total.